The number of ether oxygens (including phenoxy) is 1. The zero-order valence-electron chi connectivity index (χ0n) is 22.2. The molecular formula is C30H38INO3Si. The van der Waals surface area contributed by atoms with E-state index >= 15 is 0 Å². The van der Waals surface area contributed by atoms with Crippen molar-refractivity contribution < 1.29 is 14.0 Å². The third kappa shape index (κ3) is 7.43. The average molecular weight is 616 g/mol. The number of halogens is 1. The molecule has 0 fully saturated rings. The predicted octanol–water partition coefficient (Wildman–Crippen LogP) is 6.30. The van der Waals surface area contributed by atoms with Gasteiger partial charge in [-0.05, 0) is 82.9 Å². The van der Waals surface area contributed by atoms with Crippen molar-refractivity contribution in [2.75, 3.05) is 6.61 Å². The van der Waals surface area contributed by atoms with Crippen molar-refractivity contribution in [3.8, 4) is 0 Å². The van der Waals surface area contributed by atoms with E-state index in [9.17, 15) is 4.79 Å². The molecular weight excluding hydrogens is 577 g/mol. The molecule has 1 N–H and O–H groups in total. The molecule has 0 heterocycles. The number of amides is 1. The Hall–Kier alpha value is -2.16. The first-order chi connectivity index (χ1) is 16.9. The summed E-state index contributed by atoms with van der Waals surface area (Å²) in [5.74, 6) is 0. The molecule has 0 aliphatic heterocycles. The quantitative estimate of drug-likeness (QED) is 0.239. The van der Waals surface area contributed by atoms with E-state index in [4.69, 9.17) is 9.16 Å². The van der Waals surface area contributed by atoms with Gasteiger partial charge in [-0.15, -0.1) is 0 Å². The summed E-state index contributed by atoms with van der Waals surface area (Å²) in [7, 11) is -2.73. The summed E-state index contributed by atoms with van der Waals surface area (Å²) in [5, 5.41) is 5.39. The van der Waals surface area contributed by atoms with Crippen molar-refractivity contribution in [2.24, 2.45) is 0 Å². The Bertz CT molecular complexity index is 1080. The topological polar surface area (TPSA) is 47.6 Å². The van der Waals surface area contributed by atoms with Crippen molar-refractivity contribution in [3.05, 3.63) is 94.1 Å². The smallest absolute Gasteiger partial charge is 0.407 e. The van der Waals surface area contributed by atoms with Crippen LogP contribution in [0.2, 0.25) is 5.04 Å². The summed E-state index contributed by atoms with van der Waals surface area (Å²) < 4.78 is 13.9. The Morgan fingerprint density at radius 2 is 1.42 bits per heavy atom. The van der Waals surface area contributed by atoms with Gasteiger partial charge in [0.15, 0.2) is 0 Å². The van der Waals surface area contributed by atoms with E-state index in [1.165, 1.54) is 10.4 Å². The van der Waals surface area contributed by atoms with Crippen LogP contribution in [0.3, 0.4) is 0 Å². The lowest BCUT2D eigenvalue weighted by molar-refractivity contribution is 0.0486. The Balaban J connectivity index is 1.99. The molecule has 1 unspecified atom stereocenters. The zero-order chi connectivity index (χ0) is 26.4. The molecule has 3 rings (SSSR count). The van der Waals surface area contributed by atoms with Gasteiger partial charge >= 0.3 is 6.09 Å². The Kier molecular flexibility index (Phi) is 9.41. The van der Waals surface area contributed by atoms with E-state index in [0.29, 0.717) is 13.0 Å². The van der Waals surface area contributed by atoms with Gasteiger partial charge in [0.1, 0.15) is 5.60 Å². The molecule has 0 spiro atoms. The molecule has 6 heteroatoms. The summed E-state index contributed by atoms with van der Waals surface area (Å²) in [4.78, 5) is 12.8. The number of alkyl carbamates (subject to hydrolysis) is 1. The van der Waals surface area contributed by atoms with Gasteiger partial charge in [0, 0.05) is 3.57 Å². The van der Waals surface area contributed by atoms with Gasteiger partial charge in [0.25, 0.3) is 8.32 Å². The highest BCUT2D eigenvalue weighted by molar-refractivity contribution is 14.1. The fourth-order valence-corrected chi connectivity index (χ4v) is 9.78. The molecule has 36 heavy (non-hydrogen) atoms. The minimum absolute atomic E-state index is 0.145. The van der Waals surface area contributed by atoms with Crippen LogP contribution in [0.1, 0.15) is 47.1 Å². The maximum atomic E-state index is 12.8. The van der Waals surface area contributed by atoms with Gasteiger partial charge in [0.05, 0.1) is 12.6 Å². The van der Waals surface area contributed by atoms with Gasteiger partial charge in [-0.2, -0.15) is 0 Å². The largest absolute Gasteiger partial charge is 0.444 e. The number of rotatable bonds is 8. The molecule has 0 bridgehead atoms. The molecule has 0 aliphatic carbocycles. The molecule has 192 valence electrons. The van der Waals surface area contributed by atoms with Crippen molar-refractivity contribution in [2.45, 2.75) is 64.6 Å². The molecule has 0 radical (unpaired) electrons. The number of nitrogens with one attached hydrogen (secondary N) is 1. The van der Waals surface area contributed by atoms with Crippen LogP contribution >= 0.6 is 22.6 Å². The summed E-state index contributed by atoms with van der Waals surface area (Å²) in [6.07, 6.45) is 0.220. The summed E-state index contributed by atoms with van der Waals surface area (Å²) >= 11 is 2.32. The fourth-order valence-electron chi connectivity index (χ4n) is 4.56. The molecule has 0 aromatic heterocycles. The molecule has 1 atom stereocenters. The van der Waals surface area contributed by atoms with Gasteiger partial charge < -0.3 is 14.5 Å². The second-order valence-corrected chi connectivity index (χ2v) is 16.7. The first kappa shape index (κ1) is 28.4. The minimum atomic E-state index is -2.73. The van der Waals surface area contributed by atoms with Crippen LogP contribution < -0.4 is 15.7 Å². The summed E-state index contributed by atoms with van der Waals surface area (Å²) in [6.45, 7) is 12.8. The van der Waals surface area contributed by atoms with Gasteiger partial charge in [0.2, 0.25) is 0 Å². The molecule has 4 nitrogen and oxygen atoms in total. The third-order valence-electron chi connectivity index (χ3n) is 6.01. The summed E-state index contributed by atoms with van der Waals surface area (Å²) in [5.41, 5.74) is 0.573. The molecule has 0 saturated carbocycles. The van der Waals surface area contributed by atoms with Gasteiger partial charge in [-0.25, -0.2) is 4.79 Å². The number of carbonyl (C=O) groups is 1. The van der Waals surface area contributed by atoms with Gasteiger partial charge in [-0.1, -0.05) is 93.6 Å². The summed E-state index contributed by atoms with van der Waals surface area (Å²) in [6, 6.07) is 29.2. The van der Waals surface area contributed by atoms with Crippen LogP contribution in [0.4, 0.5) is 4.79 Å². The molecule has 0 aliphatic rings. The first-order valence-corrected chi connectivity index (χ1v) is 15.4. The lowest BCUT2D eigenvalue weighted by atomic mass is 10.1. The standard InChI is InChI=1S/C30H38INO3Si/c1-29(2,3)35-28(33)32-25(21-23-14-13-15-24(31)20-23)22-34-36(30(4,5)6,26-16-9-7-10-17-26)27-18-11-8-12-19-27/h7-20,25H,21-22H2,1-6H3,(H,32,33). The van der Waals surface area contributed by atoms with E-state index in [1.807, 2.05) is 39.0 Å². The lowest BCUT2D eigenvalue weighted by Crippen LogP contribution is -2.67. The Morgan fingerprint density at radius 3 is 1.89 bits per heavy atom. The number of hydrogen-bond acceptors (Lipinski definition) is 3. The molecule has 1 amide bonds. The maximum Gasteiger partial charge on any atom is 0.407 e. The van der Waals surface area contributed by atoms with E-state index in [-0.39, 0.29) is 11.1 Å². The van der Waals surface area contributed by atoms with E-state index in [1.54, 1.807) is 0 Å². The minimum Gasteiger partial charge on any atom is -0.444 e. The first-order valence-electron chi connectivity index (χ1n) is 12.4. The van der Waals surface area contributed by atoms with Crippen LogP contribution in [0.25, 0.3) is 0 Å². The van der Waals surface area contributed by atoms with Crippen molar-refractivity contribution in [3.63, 3.8) is 0 Å². The van der Waals surface area contributed by atoms with E-state index in [2.05, 4.69) is 115 Å². The van der Waals surface area contributed by atoms with Crippen LogP contribution in [0.5, 0.6) is 0 Å². The monoisotopic (exact) mass is 615 g/mol. The van der Waals surface area contributed by atoms with Crippen LogP contribution in [0, 0.1) is 3.57 Å². The normalized spacial score (nSPS) is 13.2. The highest BCUT2D eigenvalue weighted by atomic mass is 127. The average Bonchev–Trinajstić information content (AvgIpc) is 2.78. The second-order valence-electron chi connectivity index (χ2n) is 11.2. The highest BCUT2D eigenvalue weighted by Gasteiger charge is 2.50. The van der Waals surface area contributed by atoms with Crippen molar-refractivity contribution in [1.29, 1.82) is 0 Å². The zero-order valence-corrected chi connectivity index (χ0v) is 25.3. The van der Waals surface area contributed by atoms with Crippen LogP contribution in [-0.2, 0) is 15.6 Å². The fraction of sp³-hybridized carbons (Fsp3) is 0.367. The number of hydrogen-bond donors (Lipinski definition) is 1. The molecule has 3 aromatic rings. The highest BCUT2D eigenvalue weighted by Crippen LogP contribution is 2.36. The molecule has 0 saturated heterocycles. The van der Waals surface area contributed by atoms with E-state index < -0.39 is 20.0 Å². The lowest BCUT2D eigenvalue weighted by Gasteiger charge is -2.43. The van der Waals surface area contributed by atoms with Crippen LogP contribution in [-0.4, -0.2) is 32.7 Å². The second kappa shape index (κ2) is 11.9. The predicted molar refractivity (Wildman–Crippen MR) is 160 cm³/mol. The third-order valence-corrected chi connectivity index (χ3v) is 11.7. The molecule has 3 aromatic carbocycles. The van der Waals surface area contributed by atoms with Crippen LogP contribution in [0.15, 0.2) is 84.9 Å². The van der Waals surface area contributed by atoms with Gasteiger partial charge in [-0.3, -0.25) is 0 Å². The SMILES string of the molecule is CC(C)(C)OC(=O)NC(CO[Si](c1ccccc1)(c1ccccc1)C(C)(C)C)Cc1cccc(I)c1. The Morgan fingerprint density at radius 1 is 0.861 bits per heavy atom. The number of carbonyl (C=O) groups excluding carboxylic acids is 1. The van der Waals surface area contributed by atoms with Crippen molar-refractivity contribution in [1.82, 2.24) is 5.32 Å². The number of benzene rings is 3. The Labute approximate surface area is 231 Å². The maximum absolute atomic E-state index is 12.8. The van der Waals surface area contributed by atoms with E-state index in [0.717, 1.165) is 9.13 Å². The van der Waals surface area contributed by atoms with Crippen molar-refractivity contribution >= 4 is 47.4 Å².